The van der Waals surface area contributed by atoms with Gasteiger partial charge in [-0.1, -0.05) is 84.0 Å². The van der Waals surface area contributed by atoms with Crippen molar-refractivity contribution in [3.8, 4) is 0 Å². The van der Waals surface area contributed by atoms with E-state index >= 15 is 0 Å². The van der Waals surface area contributed by atoms with Crippen LogP contribution in [0.25, 0.3) is 0 Å². The van der Waals surface area contributed by atoms with Crippen molar-refractivity contribution in [3.63, 3.8) is 0 Å². The minimum absolute atomic E-state index is 0.107. The first kappa shape index (κ1) is 19.4. The highest BCUT2D eigenvalue weighted by atomic mass is 16.2. The molecule has 0 aliphatic carbocycles. The Balaban J connectivity index is 3.01. The van der Waals surface area contributed by atoms with E-state index in [9.17, 15) is 4.79 Å². The summed E-state index contributed by atoms with van der Waals surface area (Å²) < 4.78 is 0. The van der Waals surface area contributed by atoms with Crippen molar-refractivity contribution < 1.29 is 4.79 Å². The number of unbranched alkanes of at least 4 members (excludes halogenated alkanes) is 12. The summed E-state index contributed by atoms with van der Waals surface area (Å²) in [5.74, 6) is 0.107. The summed E-state index contributed by atoms with van der Waals surface area (Å²) >= 11 is 0. The molecule has 3 nitrogen and oxygen atoms in total. The second-order valence-corrected chi connectivity index (χ2v) is 5.79. The average molecular weight is 284 g/mol. The van der Waals surface area contributed by atoms with Crippen LogP contribution < -0.4 is 10.9 Å². The first-order chi connectivity index (χ1) is 9.81. The number of nitrogens with one attached hydrogen (secondary N) is 2. The molecular weight excluding hydrogens is 248 g/mol. The van der Waals surface area contributed by atoms with Crippen LogP contribution in [-0.4, -0.2) is 13.0 Å². The Labute approximate surface area is 126 Å². The molecule has 0 spiro atoms. The van der Waals surface area contributed by atoms with Crippen LogP contribution in [0.15, 0.2) is 0 Å². The molecule has 0 radical (unpaired) electrons. The number of carbonyl (C=O) groups excluding carboxylic acids is 1. The van der Waals surface area contributed by atoms with E-state index in [-0.39, 0.29) is 5.91 Å². The molecule has 0 aromatic rings. The summed E-state index contributed by atoms with van der Waals surface area (Å²) in [7, 11) is 1.72. The number of amides is 1. The molecule has 20 heavy (non-hydrogen) atoms. The van der Waals surface area contributed by atoms with Crippen LogP contribution in [0, 0.1) is 0 Å². The number of carbonyl (C=O) groups is 1. The minimum atomic E-state index is 0.107. The van der Waals surface area contributed by atoms with Gasteiger partial charge in [0, 0.05) is 13.5 Å². The van der Waals surface area contributed by atoms with E-state index in [1.54, 1.807) is 7.05 Å². The molecule has 0 atom stereocenters. The van der Waals surface area contributed by atoms with E-state index in [2.05, 4.69) is 17.8 Å². The third kappa shape index (κ3) is 15.5. The molecule has 120 valence electrons. The summed E-state index contributed by atoms with van der Waals surface area (Å²) in [6.45, 7) is 2.27. The predicted octanol–water partition coefficient (Wildman–Crippen LogP) is 4.72. The van der Waals surface area contributed by atoms with Crippen molar-refractivity contribution in [2.75, 3.05) is 7.05 Å². The lowest BCUT2D eigenvalue weighted by Crippen LogP contribution is -2.33. The Morgan fingerprint density at radius 3 is 1.50 bits per heavy atom. The van der Waals surface area contributed by atoms with E-state index in [4.69, 9.17) is 0 Å². The second-order valence-electron chi connectivity index (χ2n) is 5.79. The van der Waals surface area contributed by atoms with Crippen LogP contribution in [0.3, 0.4) is 0 Å². The molecule has 2 N–H and O–H groups in total. The third-order valence-electron chi connectivity index (χ3n) is 3.77. The summed E-state index contributed by atoms with van der Waals surface area (Å²) in [4.78, 5) is 11.2. The molecule has 0 aliphatic rings. The zero-order chi connectivity index (χ0) is 14.9. The third-order valence-corrected chi connectivity index (χ3v) is 3.77. The Morgan fingerprint density at radius 2 is 1.10 bits per heavy atom. The molecule has 3 heteroatoms. The maximum atomic E-state index is 11.2. The van der Waals surface area contributed by atoms with Crippen LogP contribution in [0.4, 0.5) is 0 Å². The van der Waals surface area contributed by atoms with Crippen molar-refractivity contribution in [1.29, 1.82) is 0 Å². The van der Waals surface area contributed by atoms with E-state index in [1.807, 2.05) is 0 Å². The standard InChI is InChI=1S/C17H36N2O/c1-3-4-5-6-7-8-9-10-11-12-13-14-15-16-17(20)19-18-2/h18H,3-16H2,1-2H3,(H,19,20). The zero-order valence-electron chi connectivity index (χ0n) is 13.8. The van der Waals surface area contributed by atoms with Crippen LogP contribution in [0.1, 0.15) is 96.8 Å². The Morgan fingerprint density at radius 1 is 0.700 bits per heavy atom. The maximum absolute atomic E-state index is 11.2. The predicted molar refractivity (Wildman–Crippen MR) is 87.5 cm³/mol. The minimum Gasteiger partial charge on any atom is -0.292 e. The van der Waals surface area contributed by atoms with Gasteiger partial charge in [0.2, 0.25) is 5.91 Å². The smallest absolute Gasteiger partial charge is 0.234 e. The summed E-state index contributed by atoms with van der Waals surface area (Å²) in [6.07, 6.45) is 18.1. The number of rotatable bonds is 15. The molecule has 0 fully saturated rings. The molecule has 0 bridgehead atoms. The fourth-order valence-corrected chi connectivity index (χ4v) is 2.51. The SMILES string of the molecule is CCCCCCCCCCCCCCCC(=O)NNC. The van der Waals surface area contributed by atoms with Gasteiger partial charge in [0.15, 0.2) is 0 Å². The molecule has 0 saturated heterocycles. The zero-order valence-corrected chi connectivity index (χ0v) is 13.8. The van der Waals surface area contributed by atoms with Gasteiger partial charge in [0.25, 0.3) is 0 Å². The topological polar surface area (TPSA) is 41.1 Å². The largest absolute Gasteiger partial charge is 0.292 e. The summed E-state index contributed by atoms with van der Waals surface area (Å²) in [5, 5.41) is 0. The first-order valence-electron chi connectivity index (χ1n) is 8.76. The average Bonchev–Trinajstić information content (AvgIpc) is 2.44. The van der Waals surface area contributed by atoms with Crippen LogP contribution >= 0.6 is 0 Å². The van der Waals surface area contributed by atoms with Crippen molar-refractivity contribution in [2.45, 2.75) is 96.8 Å². The van der Waals surface area contributed by atoms with Gasteiger partial charge in [-0.2, -0.15) is 0 Å². The van der Waals surface area contributed by atoms with E-state index in [0.29, 0.717) is 6.42 Å². The van der Waals surface area contributed by atoms with Crippen LogP contribution in [0.5, 0.6) is 0 Å². The van der Waals surface area contributed by atoms with Gasteiger partial charge in [-0.05, 0) is 6.42 Å². The molecule has 0 aromatic heterocycles. The lowest BCUT2D eigenvalue weighted by Gasteiger charge is -2.04. The van der Waals surface area contributed by atoms with E-state index in [0.717, 1.165) is 6.42 Å². The maximum Gasteiger partial charge on any atom is 0.234 e. The molecule has 1 amide bonds. The van der Waals surface area contributed by atoms with Crippen LogP contribution in [0.2, 0.25) is 0 Å². The molecule has 0 saturated carbocycles. The molecule has 0 rings (SSSR count). The highest BCUT2D eigenvalue weighted by Gasteiger charge is 1.98. The fraction of sp³-hybridized carbons (Fsp3) is 0.941. The Kier molecular flexibility index (Phi) is 16.0. The summed E-state index contributed by atoms with van der Waals surface area (Å²) in [5.41, 5.74) is 5.26. The number of hydrogen-bond acceptors (Lipinski definition) is 2. The quantitative estimate of drug-likeness (QED) is 0.337. The first-order valence-corrected chi connectivity index (χ1v) is 8.76. The van der Waals surface area contributed by atoms with Crippen molar-refractivity contribution in [2.24, 2.45) is 0 Å². The number of hydrogen-bond donors (Lipinski definition) is 2. The Hall–Kier alpha value is -0.570. The monoisotopic (exact) mass is 284 g/mol. The van der Waals surface area contributed by atoms with Gasteiger partial charge in [-0.25, -0.2) is 5.43 Å². The van der Waals surface area contributed by atoms with E-state index in [1.165, 1.54) is 77.0 Å². The van der Waals surface area contributed by atoms with Crippen molar-refractivity contribution in [3.05, 3.63) is 0 Å². The molecule has 0 aliphatic heterocycles. The highest BCUT2D eigenvalue weighted by Crippen LogP contribution is 2.12. The molecule has 0 heterocycles. The van der Waals surface area contributed by atoms with Crippen molar-refractivity contribution in [1.82, 2.24) is 10.9 Å². The van der Waals surface area contributed by atoms with E-state index < -0.39 is 0 Å². The Bertz CT molecular complexity index is 207. The molecule has 0 aromatic carbocycles. The second kappa shape index (κ2) is 16.5. The van der Waals surface area contributed by atoms with Gasteiger partial charge in [0.1, 0.15) is 0 Å². The van der Waals surface area contributed by atoms with Gasteiger partial charge >= 0.3 is 0 Å². The van der Waals surface area contributed by atoms with Crippen molar-refractivity contribution >= 4 is 5.91 Å². The van der Waals surface area contributed by atoms with Gasteiger partial charge in [0.05, 0.1) is 0 Å². The lowest BCUT2D eigenvalue weighted by atomic mass is 10.0. The normalized spacial score (nSPS) is 10.7. The number of hydrazine groups is 1. The van der Waals surface area contributed by atoms with Gasteiger partial charge in [-0.15, -0.1) is 0 Å². The van der Waals surface area contributed by atoms with Crippen LogP contribution in [-0.2, 0) is 4.79 Å². The highest BCUT2D eigenvalue weighted by molar-refractivity contribution is 5.75. The summed E-state index contributed by atoms with van der Waals surface area (Å²) in [6, 6.07) is 0. The molecular formula is C17H36N2O. The van der Waals surface area contributed by atoms with Gasteiger partial charge in [-0.3, -0.25) is 10.2 Å². The fourth-order valence-electron chi connectivity index (χ4n) is 2.51. The van der Waals surface area contributed by atoms with Gasteiger partial charge < -0.3 is 0 Å². The molecule has 0 unspecified atom stereocenters. The lowest BCUT2D eigenvalue weighted by molar-refractivity contribution is -0.122.